The summed E-state index contributed by atoms with van der Waals surface area (Å²) in [6.45, 7) is 5.64. The molecule has 0 unspecified atom stereocenters. The number of nitrogens with zero attached hydrogens (tertiary/aromatic N) is 1. The fraction of sp³-hybridized carbons (Fsp3) is 0.421. The Labute approximate surface area is 146 Å². The number of carbonyl (C=O) groups is 1. The first-order valence-corrected chi connectivity index (χ1v) is 9.16. The number of rotatable bonds is 3. The molecular weight excluding hydrogens is 322 g/mol. The maximum atomic E-state index is 12.5. The molecule has 2 aromatic rings. The molecule has 4 nitrogen and oxygen atoms in total. The van der Waals surface area contributed by atoms with Gasteiger partial charge in [-0.25, -0.2) is 0 Å². The number of thiophene rings is 1. The second kappa shape index (κ2) is 5.81. The summed E-state index contributed by atoms with van der Waals surface area (Å²) in [5, 5.41) is 2.10. The van der Waals surface area contributed by atoms with Gasteiger partial charge in [-0.05, 0) is 43.3 Å². The molecule has 0 radical (unpaired) electrons. The van der Waals surface area contributed by atoms with Crippen molar-refractivity contribution >= 4 is 17.2 Å². The van der Waals surface area contributed by atoms with E-state index in [4.69, 9.17) is 9.47 Å². The number of para-hydroxylation sites is 1. The topological polar surface area (TPSA) is 38.8 Å². The van der Waals surface area contributed by atoms with Gasteiger partial charge in [-0.15, -0.1) is 11.3 Å². The fourth-order valence-electron chi connectivity index (χ4n) is 3.39. The zero-order valence-electron chi connectivity index (χ0n) is 14.0. The van der Waals surface area contributed by atoms with Crippen molar-refractivity contribution in [3.63, 3.8) is 0 Å². The molecule has 0 atom stereocenters. The van der Waals surface area contributed by atoms with Gasteiger partial charge in [0.15, 0.2) is 18.1 Å². The monoisotopic (exact) mass is 343 g/mol. The Bertz CT molecular complexity index is 781. The maximum Gasteiger partial charge on any atom is 0.260 e. The first kappa shape index (κ1) is 15.5. The van der Waals surface area contributed by atoms with Crippen LogP contribution in [0.1, 0.15) is 29.9 Å². The zero-order chi connectivity index (χ0) is 16.7. The van der Waals surface area contributed by atoms with Crippen molar-refractivity contribution in [2.45, 2.75) is 38.8 Å². The summed E-state index contributed by atoms with van der Waals surface area (Å²) in [6, 6.07) is 8.00. The molecule has 24 heavy (non-hydrogen) atoms. The highest BCUT2D eigenvalue weighted by Gasteiger charge is 2.32. The molecule has 0 aliphatic carbocycles. The SMILES string of the molecule is CC1(C)Cc2cccc(OCC(=O)N3CCc4sccc4C3)c2O1. The van der Waals surface area contributed by atoms with Crippen LogP contribution in [0.15, 0.2) is 29.6 Å². The van der Waals surface area contributed by atoms with E-state index < -0.39 is 0 Å². The van der Waals surface area contributed by atoms with Gasteiger partial charge < -0.3 is 14.4 Å². The van der Waals surface area contributed by atoms with E-state index in [2.05, 4.69) is 31.4 Å². The molecule has 0 spiro atoms. The Morgan fingerprint density at radius 3 is 3.08 bits per heavy atom. The van der Waals surface area contributed by atoms with Crippen molar-refractivity contribution in [3.05, 3.63) is 45.6 Å². The summed E-state index contributed by atoms with van der Waals surface area (Å²) >= 11 is 1.78. The van der Waals surface area contributed by atoms with E-state index in [0.29, 0.717) is 12.3 Å². The average molecular weight is 343 g/mol. The minimum absolute atomic E-state index is 0.0294. The van der Waals surface area contributed by atoms with Crippen LogP contribution >= 0.6 is 11.3 Å². The van der Waals surface area contributed by atoms with Crippen LogP contribution in [-0.2, 0) is 24.2 Å². The van der Waals surface area contributed by atoms with E-state index in [0.717, 1.165) is 30.7 Å². The molecule has 126 valence electrons. The van der Waals surface area contributed by atoms with E-state index in [1.54, 1.807) is 11.3 Å². The molecule has 0 fully saturated rings. The minimum Gasteiger partial charge on any atom is -0.483 e. The number of ether oxygens (including phenoxy) is 2. The third kappa shape index (κ3) is 2.88. The fourth-order valence-corrected chi connectivity index (χ4v) is 4.28. The molecule has 1 aromatic heterocycles. The minimum atomic E-state index is -0.214. The Hall–Kier alpha value is -2.01. The van der Waals surface area contributed by atoms with Gasteiger partial charge >= 0.3 is 0 Å². The lowest BCUT2D eigenvalue weighted by atomic mass is 10.0. The van der Waals surface area contributed by atoms with Crippen molar-refractivity contribution < 1.29 is 14.3 Å². The number of amides is 1. The van der Waals surface area contributed by atoms with Crippen molar-refractivity contribution in [3.8, 4) is 11.5 Å². The van der Waals surface area contributed by atoms with Crippen LogP contribution in [0.5, 0.6) is 11.5 Å². The molecule has 0 saturated heterocycles. The standard InChI is InChI=1S/C19H21NO3S/c1-19(2)10-13-4-3-5-15(18(13)23-19)22-12-17(21)20-8-6-16-14(11-20)7-9-24-16/h3-5,7,9H,6,8,10-12H2,1-2H3. The first-order valence-electron chi connectivity index (χ1n) is 8.28. The predicted molar refractivity (Wildman–Crippen MR) is 93.8 cm³/mol. The largest absolute Gasteiger partial charge is 0.483 e. The third-order valence-corrected chi connectivity index (χ3v) is 5.59. The number of hydrogen-bond acceptors (Lipinski definition) is 4. The van der Waals surface area contributed by atoms with Crippen LogP contribution in [0.25, 0.3) is 0 Å². The molecule has 4 rings (SSSR count). The van der Waals surface area contributed by atoms with E-state index >= 15 is 0 Å². The molecule has 0 saturated carbocycles. The molecule has 2 aliphatic rings. The number of carbonyl (C=O) groups excluding carboxylic acids is 1. The highest BCUT2D eigenvalue weighted by molar-refractivity contribution is 7.10. The lowest BCUT2D eigenvalue weighted by Crippen LogP contribution is -2.38. The van der Waals surface area contributed by atoms with Crippen LogP contribution < -0.4 is 9.47 Å². The van der Waals surface area contributed by atoms with E-state index in [9.17, 15) is 4.79 Å². The molecule has 0 bridgehead atoms. The van der Waals surface area contributed by atoms with Gasteiger partial charge in [-0.1, -0.05) is 12.1 Å². The summed E-state index contributed by atoms with van der Waals surface area (Å²) in [6.07, 6.45) is 1.80. The van der Waals surface area contributed by atoms with Crippen LogP contribution in [0.3, 0.4) is 0 Å². The average Bonchev–Trinajstić information content (AvgIpc) is 3.13. The Morgan fingerprint density at radius 1 is 1.33 bits per heavy atom. The second-order valence-electron chi connectivity index (χ2n) is 7.01. The highest BCUT2D eigenvalue weighted by atomic mass is 32.1. The molecule has 1 aromatic carbocycles. The van der Waals surface area contributed by atoms with Gasteiger partial charge in [-0.2, -0.15) is 0 Å². The van der Waals surface area contributed by atoms with Crippen LogP contribution in [0.4, 0.5) is 0 Å². The van der Waals surface area contributed by atoms with Gasteiger partial charge in [0.05, 0.1) is 0 Å². The second-order valence-corrected chi connectivity index (χ2v) is 8.01. The van der Waals surface area contributed by atoms with E-state index in [-0.39, 0.29) is 18.1 Å². The summed E-state index contributed by atoms with van der Waals surface area (Å²) < 4.78 is 11.8. The summed E-state index contributed by atoms with van der Waals surface area (Å²) in [4.78, 5) is 15.8. The summed E-state index contributed by atoms with van der Waals surface area (Å²) in [5.74, 6) is 1.48. The quantitative estimate of drug-likeness (QED) is 0.857. The molecule has 0 N–H and O–H groups in total. The zero-order valence-corrected chi connectivity index (χ0v) is 14.8. The molecule has 1 amide bonds. The van der Waals surface area contributed by atoms with Gasteiger partial charge in [0.25, 0.3) is 5.91 Å². The highest BCUT2D eigenvalue weighted by Crippen LogP contribution is 2.41. The summed E-state index contributed by atoms with van der Waals surface area (Å²) in [5.41, 5.74) is 2.20. The molecule has 3 heterocycles. The van der Waals surface area contributed by atoms with Gasteiger partial charge in [0.2, 0.25) is 0 Å². The van der Waals surface area contributed by atoms with Crippen LogP contribution in [-0.4, -0.2) is 29.6 Å². The lowest BCUT2D eigenvalue weighted by Gasteiger charge is -2.27. The normalized spacial score (nSPS) is 17.8. The molecular formula is C19H21NO3S. The van der Waals surface area contributed by atoms with E-state index in [1.807, 2.05) is 17.0 Å². The number of hydrogen-bond donors (Lipinski definition) is 0. The lowest BCUT2D eigenvalue weighted by molar-refractivity contribution is -0.134. The maximum absolute atomic E-state index is 12.5. The Balaban J connectivity index is 1.42. The van der Waals surface area contributed by atoms with Gasteiger partial charge in [0, 0.05) is 30.0 Å². The van der Waals surface area contributed by atoms with Crippen molar-refractivity contribution in [2.75, 3.05) is 13.2 Å². The van der Waals surface area contributed by atoms with Crippen LogP contribution in [0.2, 0.25) is 0 Å². The number of fused-ring (bicyclic) bond motifs is 2. The Kier molecular flexibility index (Phi) is 3.76. The van der Waals surface area contributed by atoms with Crippen LogP contribution in [0, 0.1) is 0 Å². The van der Waals surface area contributed by atoms with E-state index in [1.165, 1.54) is 10.4 Å². The van der Waals surface area contributed by atoms with Gasteiger partial charge in [0.1, 0.15) is 5.60 Å². The molecule has 5 heteroatoms. The summed E-state index contributed by atoms with van der Waals surface area (Å²) in [7, 11) is 0. The third-order valence-electron chi connectivity index (χ3n) is 4.57. The number of benzene rings is 1. The van der Waals surface area contributed by atoms with Gasteiger partial charge in [-0.3, -0.25) is 4.79 Å². The van der Waals surface area contributed by atoms with Crippen molar-refractivity contribution in [1.29, 1.82) is 0 Å². The smallest absolute Gasteiger partial charge is 0.260 e. The molecule has 2 aliphatic heterocycles. The Morgan fingerprint density at radius 2 is 2.21 bits per heavy atom. The first-order chi connectivity index (χ1) is 11.5. The van der Waals surface area contributed by atoms with Crippen molar-refractivity contribution in [2.24, 2.45) is 0 Å². The van der Waals surface area contributed by atoms with Crippen molar-refractivity contribution in [1.82, 2.24) is 4.90 Å². The predicted octanol–water partition coefficient (Wildman–Crippen LogP) is 3.43.